The van der Waals surface area contributed by atoms with Gasteiger partial charge in [0, 0.05) is 92.8 Å². The number of para-hydroxylation sites is 4. The number of benzene rings is 20. The van der Waals surface area contributed by atoms with E-state index < -0.39 is 10.8 Å². The molecule has 6 heteroatoms. The summed E-state index contributed by atoms with van der Waals surface area (Å²) >= 11 is 1.88. The van der Waals surface area contributed by atoms with E-state index in [0.29, 0.717) is 0 Å². The molecule has 2 spiro atoms. The summed E-state index contributed by atoms with van der Waals surface area (Å²) in [5.74, 6) is 3.57. The van der Waals surface area contributed by atoms with Gasteiger partial charge in [-0.3, -0.25) is 0 Å². The maximum Gasteiger partial charge on any atom is 0.137 e. The molecule has 540 valence electrons. The lowest BCUT2D eigenvalue weighted by molar-refractivity contribution is 0.435. The number of furan rings is 1. The minimum absolute atomic E-state index is 0.583. The molecule has 0 saturated heterocycles. The van der Waals surface area contributed by atoms with Gasteiger partial charge in [-0.15, -0.1) is 11.3 Å². The Balaban J connectivity index is 0.000000130. The van der Waals surface area contributed by atoms with Gasteiger partial charge in [0.15, 0.2) is 0 Å². The van der Waals surface area contributed by atoms with Gasteiger partial charge in [-0.2, -0.15) is 0 Å². The summed E-state index contributed by atoms with van der Waals surface area (Å²) in [6.45, 7) is 0. The van der Waals surface area contributed by atoms with Crippen LogP contribution < -0.4 is 19.3 Å². The molecule has 2 aliphatic carbocycles. The Bertz CT molecular complexity index is 7420. The molecule has 4 aliphatic rings. The van der Waals surface area contributed by atoms with Crippen molar-refractivity contribution in [2.75, 3.05) is 9.80 Å². The molecule has 2 aliphatic heterocycles. The highest BCUT2D eigenvalue weighted by Crippen LogP contribution is 2.65. The van der Waals surface area contributed by atoms with Gasteiger partial charge in [0.2, 0.25) is 0 Å². The Hall–Kier alpha value is -14.8. The van der Waals surface area contributed by atoms with E-state index in [0.717, 1.165) is 90.2 Å². The molecule has 0 unspecified atom stereocenters. The highest BCUT2D eigenvalue weighted by molar-refractivity contribution is 7.26. The van der Waals surface area contributed by atoms with Crippen molar-refractivity contribution in [1.82, 2.24) is 0 Å². The summed E-state index contributed by atoms with van der Waals surface area (Å²) in [6.07, 6.45) is 0. The van der Waals surface area contributed by atoms with Crippen molar-refractivity contribution in [2.24, 2.45) is 0 Å². The van der Waals surface area contributed by atoms with Crippen molar-refractivity contribution < 1.29 is 13.9 Å². The Labute approximate surface area is 672 Å². The summed E-state index contributed by atoms with van der Waals surface area (Å²) in [6, 6.07) is 147. The van der Waals surface area contributed by atoms with Crippen LogP contribution in [-0.4, -0.2) is 0 Å². The molecule has 0 bridgehead atoms. The normalized spacial score (nSPS) is 13.4. The molecular weight excluding hydrogens is 1430 g/mol. The minimum atomic E-state index is -0.600. The lowest BCUT2D eigenvalue weighted by atomic mass is 9.58. The van der Waals surface area contributed by atoms with E-state index >= 15 is 0 Å². The fraction of sp³-hybridized carbons (Fsp3) is 0.0182. The monoisotopic (exact) mass is 1490 g/mol. The van der Waals surface area contributed by atoms with Crippen LogP contribution in [0.15, 0.2) is 405 Å². The van der Waals surface area contributed by atoms with Gasteiger partial charge < -0.3 is 23.7 Å². The van der Waals surface area contributed by atoms with E-state index in [4.69, 9.17) is 13.9 Å². The maximum absolute atomic E-state index is 6.69. The molecule has 20 aromatic carbocycles. The molecule has 26 rings (SSSR count). The van der Waals surface area contributed by atoms with Crippen LogP contribution in [0.5, 0.6) is 23.0 Å². The lowest BCUT2D eigenvalue weighted by Gasteiger charge is -2.45. The Morgan fingerprint density at radius 1 is 0.207 bits per heavy atom. The molecule has 2 aromatic heterocycles. The third-order valence-corrected chi connectivity index (χ3v) is 26.4. The maximum atomic E-state index is 6.69. The van der Waals surface area contributed by atoms with E-state index in [9.17, 15) is 0 Å². The number of anilines is 6. The topological polar surface area (TPSA) is 38.1 Å². The third kappa shape index (κ3) is 9.27. The van der Waals surface area contributed by atoms with Crippen LogP contribution in [0.3, 0.4) is 0 Å². The van der Waals surface area contributed by atoms with Crippen LogP contribution in [0.1, 0.15) is 44.5 Å². The van der Waals surface area contributed by atoms with Gasteiger partial charge in [-0.1, -0.05) is 285 Å². The number of fused-ring (bicyclic) bond motifs is 26. The predicted molar refractivity (Wildman–Crippen MR) is 482 cm³/mol. The molecule has 0 radical (unpaired) electrons. The molecule has 0 atom stereocenters. The van der Waals surface area contributed by atoms with Crippen LogP contribution >= 0.6 is 11.3 Å². The van der Waals surface area contributed by atoms with Gasteiger partial charge >= 0.3 is 0 Å². The van der Waals surface area contributed by atoms with Gasteiger partial charge in [0.1, 0.15) is 34.2 Å². The molecule has 4 heterocycles. The largest absolute Gasteiger partial charge is 0.457 e. The van der Waals surface area contributed by atoms with Gasteiger partial charge in [0.25, 0.3) is 0 Å². The smallest absolute Gasteiger partial charge is 0.137 e. The zero-order valence-corrected chi connectivity index (χ0v) is 63.4. The number of hydrogen-bond donors (Lipinski definition) is 0. The molecule has 5 nitrogen and oxygen atoms in total. The fourth-order valence-corrected chi connectivity index (χ4v) is 21.6. The number of nitrogens with zero attached hydrogens (tertiary/aromatic N) is 2. The highest BCUT2D eigenvalue weighted by Gasteiger charge is 2.52. The van der Waals surface area contributed by atoms with E-state index in [1.54, 1.807) is 0 Å². The standard InChI is InChI=1S/C55H33NO2.C55H33NOS/c2*1-2-13-35-30-38(25-24-34(35)12-1)56(39-26-27-41-44-31-36-14-3-4-15-37(36)32-52(44)58-53(41)33-39)49-29-28-42-40-16-5-6-18-45(40)55(48-21-11-17-43(49)54(42)48)46-19-7-9-22-50(46)57-51-23-10-8-20-47(51)55/h2*1-33H. The molecule has 0 amide bonds. The van der Waals surface area contributed by atoms with Crippen LogP contribution in [0, 0.1) is 0 Å². The fourth-order valence-electron chi connectivity index (χ4n) is 20.4. The average Bonchev–Trinajstić information content (AvgIpc) is 0.813. The summed E-state index contributed by atoms with van der Waals surface area (Å²) < 4.78 is 22.6. The van der Waals surface area contributed by atoms with Crippen molar-refractivity contribution in [3.05, 3.63) is 445 Å². The summed E-state index contributed by atoms with van der Waals surface area (Å²) in [5.41, 5.74) is 21.8. The highest BCUT2D eigenvalue weighted by atomic mass is 32.1. The second-order valence-electron chi connectivity index (χ2n) is 31.2. The van der Waals surface area contributed by atoms with E-state index in [2.05, 4.69) is 410 Å². The SMILES string of the molecule is c1ccc2c(c1)Oc1ccccc1C21c2ccccc2-c2ccc(N(c3ccc4ccccc4c3)c3ccc4c(c3)oc3cc5ccccc5cc34)c3cccc1c23.c1ccc2c(c1)Oc1ccccc1C21c2ccccc2-c2ccc(N(c3ccc4ccccc4c3)c3ccc4c(c3)sc3cc5ccccc5cc34)c3cccc1c23. The number of ether oxygens (including phenoxy) is 2. The van der Waals surface area contributed by atoms with Crippen molar-refractivity contribution >= 4 is 152 Å². The second-order valence-corrected chi connectivity index (χ2v) is 32.3. The van der Waals surface area contributed by atoms with Crippen molar-refractivity contribution in [3.8, 4) is 45.3 Å². The lowest BCUT2D eigenvalue weighted by Crippen LogP contribution is -2.36. The first-order valence-corrected chi connectivity index (χ1v) is 40.6. The first-order chi connectivity index (χ1) is 57.5. The predicted octanol–water partition coefficient (Wildman–Crippen LogP) is 30.4. The quantitative estimate of drug-likeness (QED) is 0.166. The van der Waals surface area contributed by atoms with Gasteiger partial charge in [-0.05, 0) is 208 Å². The summed E-state index contributed by atoms with van der Waals surface area (Å²) in [4.78, 5) is 4.90. The van der Waals surface area contributed by atoms with Crippen LogP contribution in [0.4, 0.5) is 34.1 Å². The molecule has 0 N–H and O–H groups in total. The van der Waals surface area contributed by atoms with Gasteiger partial charge in [-0.25, -0.2) is 0 Å². The summed E-state index contributed by atoms with van der Waals surface area (Å²) in [7, 11) is 0. The number of rotatable bonds is 6. The molecule has 22 aromatic rings. The molecule has 0 saturated carbocycles. The molecule has 116 heavy (non-hydrogen) atoms. The Kier molecular flexibility index (Phi) is 13.9. The van der Waals surface area contributed by atoms with Gasteiger partial charge in [0.05, 0.1) is 22.2 Å². The Morgan fingerprint density at radius 3 is 1.05 bits per heavy atom. The van der Waals surface area contributed by atoms with Crippen molar-refractivity contribution in [2.45, 2.75) is 10.8 Å². The number of thiophene rings is 1. The third-order valence-electron chi connectivity index (χ3n) is 25.3. The van der Waals surface area contributed by atoms with E-state index in [1.165, 1.54) is 140 Å². The first kappa shape index (κ1) is 64.8. The van der Waals surface area contributed by atoms with E-state index in [1.807, 2.05) is 11.3 Å². The van der Waals surface area contributed by atoms with Crippen LogP contribution in [0.25, 0.3) is 129 Å². The second kappa shape index (κ2) is 24.8. The van der Waals surface area contributed by atoms with Crippen LogP contribution in [-0.2, 0) is 10.8 Å². The zero-order chi connectivity index (χ0) is 75.9. The Morgan fingerprint density at radius 2 is 0.560 bits per heavy atom. The average molecular weight is 1500 g/mol. The zero-order valence-electron chi connectivity index (χ0n) is 62.6. The van der Waals surface area contributed by atoms with Crippen LogP contribution in [0.2, 0.25) is 0 Å². The summed E-state index contributed by atoms with van der Waals surface area (Å²) in [5, 5.41) is 19.5. The molecule has 0 fully saturated rings. The number of hydrogen-bond acceptors (Lipinski definition) is 6. The minimum Gasteiger partial charge on any atom is -0.457 e. The first-order valence-electron chi connectivity index (χ1n) is 39.8. The molecular formula is C110H66N2O3S. The van der Waals surface area contributed by atoms with Crippen molar-refractivity contribution in [3.63, 3.8) is 0 Å². The van der Waals surface area contributed by atoms with Crippen molar-refractivity contribution in [1.29, 1.82) is 0 Å². The van der Waals surface area contributed by atoms with E-state index in [-0.39, 0.29) is 0 Å².